The van der Waals surface area contributed by atoms with Gasteiger partial charge in [-0.05, 0) is 54.8 Å². The summed E-state index contributed by atoms with van der Waals surface area (Å²) in [6.07, 6.45) is 0. The third kappa shape index (κ3) is 3.49. The van der Waals surface area contributed by atoms with Crippen LogP contribution in [-0.4, -0.2) is 0 Å². The summed E-state index contributed by atoms with van der Waals surface area (Å²) in [6, 6.07) is 13.8. The second-order valence-corrected chi connectivity index (χ2v) is 5.06. The number of hydrogen-bond acceptors (Lipinski definition) is 2. The normalized spacial score (nSPS) is 10.0. The van der Waals surface area contributed by atoms with Crippen molar-refractivity contribution in [2.24, 2.45) is 0 Å². The Hall–Kier alpha value is -1.98. The molecule has 0 saturated heterocycles. The molecule has 0 aliphatic heterocycles. The number of halogens is 1. The minimum Gasteiger partial charge on any atom is -0.381 e. The number of anilines is 1. The second kappa shape index (κ2) is 5.77. The van der Waals surface area contributed by atoms with Crippen LogP contribution in [0, 0.1) is 25.2 Å². The van der Waals surface area contributed by atoms with Crippen molar-refractivity contribution in [2.45, 2.75) is 20.4 Å². The van der Waals surface area contributed by atoms with Crippen LogP contribution in [-0.2, 0) is 6.54 Å². The van der Waals surface area contributed by atoms with Gasteiger partial charge < -0.3 is 5.32 Å². The first kappa shape index (κ1) is 13.5. The van der Waals surface area contributed by atoms with Crippen LogP contribution in [0.5, 0.6) is 0 Å². The number of hydrogen-bond donors (Lipinski definition) is 1. The lowest BCUT2D eigenvalue weighted by Gasteiger charge is -2.10. The molecule has 0 spiro atoms. The van der Waals surface area contributed by atoms with E-state index in [0.717, 1.165) is 11.3 Å². The van der Waals surface area contributed by atoms with Crippen molar-refractivity contribution in [3.63, 3.8) is 0 Å². The molecular formula is C16H15ClN2. The molecule has 0 aliphatic carbocycles. The predicted octanol–water partition coefficient (Wildman–Crippen LogP) is 4.44. The van der Waals surface area contributed by atoms with Gasteiger partial charge in [0.25, 0.3) is 0 Å². The molecule has 0 amide bonds. The standard InChI is InChI=1S/C16H15ClN2/c1-11-5-12(2)7-15(6-11)19-10-14-4-3-13(9-18)8-16(14)17/h3-8,19H,10H2,1-2H3. The minimum absolute atomic E-state index is 0.583. The van der Waals surface area contributed by atoms with E-state index in [4.69, 9.17) is 16.9 Å². The molecule has 3 heteroatoms. The van der Waals surface area contributed by atoms with Crippen molar-refractivity contribution < 1.29 is 0 Å². The first-order chi connectivity index (χ1) is 9.08. The number of nitriles is 1. The molecule has 0 saturated carbocycles. The molecule has 0 atom stereocenters. The maximum Gasteiger partial charge on any atom is 0.0992 e. The smallest absolute Gasteiger partial charge is 0.0992 e. The molecule has 0 fully saturated rings. The molecule has 96 valence electrons. The Bertz CT molecular complexity index is 621. The van der Waals surface area contributed by atoms with Crippen LogP contribution in [0.2, 0.25) is 5.02 Å². The molecule has 0 radical (unpaired) electrons. The molecule has 0 bridgehead atoms. The van der Waals surface area contributed by atoms with Crippen LogP contribution >= 0.6 is 11.6 Å². The lowest BCUT2D eigenvalue weighted by atomic mass is 10.1. The maximum atomic E-state index is 8.80. The Labute approximate surface area is 118 Å². The molecule has 1 N–H and O–H groups in total. The van der Waals surface area contributed by atoms with E-state index < -0.39 is 0 Å². The highest BCUT2D eigenvalue weighted by Gasteiger charge is 2.02. The quantitative estimate of drug-likeness (QED) is 0.895. The fourth-order valence-electron chi connectivity index (χ4n) is 2.03. The third-order valence-corrected chi connectivity index (χ3v) is 3.24. The van der Waals surface area contributed by atoms with Gasteiger partial charge in [0, 0.05) is 17.3 Å². The fourth-order valence-corrected chi connectivity index (χ4v) is 2.28. The molecule has 0 unspecified atom stereocenters. The largest absolute Gasteiger partial charge is 0.381 e. The summed E-state index contributed by atoms with van der Waals surface area (Å²) in [6.45, 7) is 4.80. The Morgan fingerprint density at radius 2 is 1.79 bits per heavy atom. The average Bonchev–Trinajstić information content (AvgIpc) is 2.36. The molecule has 0 aromatic heterocycles. The molecule has 19 heavy (non-hydrogen) atoms. The van der Waals surface area contributed by atoms with Crippen molar-refractivity contribution in [3.8, 4) is 6.07 Å². The Morgan fingerprint density at radius 3 is 2.37 bits per heavy atom. The zero-order chi connectivity index (χ0) is 13.8. The van der Waals surface area contributed by atoms with Gasteiger partial charge in [-0.15, -0.1) is 0 Å². The molecule has 0 aliphatic rings. The Kier molecular flexibility index (Phi) is 4.09. The van der Waals surface area contributed by atoms with Crippen LogP contribution < -0.4 is 5.32 Å². The minimum atomic E-state index is 0.583. The van der Waals surface area contributed by atoms with E-state index >= 15 is 0 Å². The second-order valence-electron chi connectivity index (χ2n) is 4.65. The van der Waals surface area contributed by atoms with E-state index in [1.807, 2.05) is 6.07 Å². The highest BCUT2D eigenvalue weighted by Crippen LogP contribution is 2.20. The average molecular weight is 271 g/mol. The van der Waals surface area contributed by atoms with Gasteiger partial charge in [-0.1, -0.05) is 23.7 Å². The topological polar surface area (TPSA) is 35.8 Å². The molecule has 2 nitrogen and oxygen atoms in total. The number of nitrogens with one attached hydrogen (secondary N) is 1. The van der Waals surface area contributed by atoms with Gasteiger partial charge in [0.2, 0.25) is 0 Å². The molecule has 2 aromatic carbocycles. The van der Waals surface area contributed by atoms with Crippen LogP contribution in [0.1, 0.15) is 22.3 Å². The Balaban J connectivity index is 2.12. The van der Waals surface area contributed by atoms with Crippen molar-refractivity contribution in [2.75, 3.05) is 5.32 Å². The van der Waals surface area contributed by atoms with Gasteiger partial charge in [-0.25, -0.2) is 0 Å². The van der Waals surface area contributed by atoms with Crippen molar-refractivity contribution in [1.29, 1.82) is 5.26 Å². The summed E-state index contributed by atoms with van der Waals surface area (Å²) >= 11 is 6.15. The van der Waals surface area contributed by atoms with Gasteiger partial charge in [-0.3, -0.25) is 0 Å². The van der Waals surface area contributed by atoms with Crippen molar-refractivity contribution in [3.05, 3.63) is 63.7 Å². The maximum absolute atomic E-state index is 8.80. The SMILES string of the molecule is Cc1cc(C)cc(NCc2ccc(C#N)cc2Cl)c1. The van der Waals surface area contributed by atoms with Crippen molar-refractivity contribution >= 4 is 17.3 Å². The number of benzene rings is 2. The number of nitrogens with zero attached hydrogens (tertiary/aromatic N) is 1. The van der Waals surface area contributed by atoms with Gasteiger partial charge in [0.1, 0.15) is 0 Å². The first-order valence-electron chi connectivity index (χ1n) is 6.09. The van der Waals surface area contributed by atoms with E-state index in [2.05, 4.69) is 43.4 Å². The van der Waals surface area contributed by atoms with E-state index in [1.54, 1.807) is 12.1 Å². The van der Waals surface area contributed by atoms with Gasteiger partial charge in [-0.2, -0.15) is 5.26 Å². The zero-order valence-electron chi connectivity index (χ0n) is 11.0. The monoisotopic (exact) mass is 270 g/mol. The summed E-state index contributed by atoms with van der Waals surface area (Å²) in [5.41, 5.74) is 5.11. The molecule has 2 aromatic rings. The van der Waals surface area contributed by atoms with Crippen molar-refractivity contribution in [1.82, 2.24) is 0 Å². The van der Waals surface area contributed by atoms with E-state index in [-0.39, 0.29) is 0 Å². The summed E-state index contributed by atoms with van der Waals surface area (Å²) in [7, 11) is 0. The highest BCUT2D eigenvalue weighted by atomic mass is 35.5. The Morgan fingerprint density at radius 1 is 1.11 bits per heavy atom. The van der Waals surface area contributed by atoms with Gasteiger partial charge in [0.15, 0.2) is 0 Å². The summed E-state index contributed by atoms with van der Waals surface area (Å²) in [5.74, 6) is 0. The van der Waals surface area contributed by atoms with E-state index in [9.17, 15) is 0 Å². The van der Waals surface area contributed by atoms with Crippen LogP contribution in [0.15, 0.2) is 36.4 Å². The highest BCUT2D eigenvalue weighted by molar-refractivity contribution is 6.31. The summed E-state index contributed by atoms with van der Waals surface area (Å²) in [4.78, 5) is 0. The van der Waals surface area contributed by atoms with Crippen LogP contribution in [0.25, 0.3) is 0 Å². The van der Waals surface area contributed by atoms with E-state index in [0.29, 0.717) is 17.1 Å². The lowest BCUT2D eigenvalue weighted by molar-refractivity contribution is 1.14. The predicted molar refractivity (Wildman–Crippen MR) is 79.4 cm³/mol. The molecule has 0 heterocycles. The summed E-state index contributed by atoms with van der Waals surface area (Å²) in [5, 5.41) is 12.8. The number of aryl methyl sites for hydroxylation is 2. The number of rotatable bonds is 3. The van der Waals surface area contributed by atoms with Crippen LogP contribution in [0.4, 0.5) is 5.69 Å². The van der Waals surface area contributed by atoms with Gasteiger partial charge >= 0.3 is 0 Å². The summed E-state index contributed by atoms with van der Waals surface area (Å²) < 4.78 is 0. The first-order valence-corrected chi connectivity index (χ1v) is 6.47. The van der Waals surface area contributed by atoms with Gasteiger partial charge in [0.05, 0.1) is 11.6 Å². The van der Waals surface area contributed by atoms with E-state index in [1.165, 1.54) is 11.1 Å². The third-order valence-electron chi connectivity index (χ3n) is 2.89. The molecular weight excluding hydrogens is 256 g/mol. The zero-order valence-corrected chi connectivity index (χ0v) is 11.8. The van der Waals surface area contributed by atoms with Crippen LogP contribution in [0.3, 0.4) is 0 Å². The lowest BCUT2D eigenvalue weighted by Crippen LogP contribution is -2.01. The molecule has 2 rings (SSSR count). The fraction of sp³-hybridized carbons (Fsp3) is 0.188.